The fourth-order valence-electron chi connectivity index (χ4n) is 2.83. The molecule has 3 rings (SSSR count). The Labute approximate surface area is 157 Å². The SMILES string of the molecule is C/C=C/N(c1ccccc1)c1cc(-c2ccc(OC)cc2)c(C#N)c(=O)[nH]1. The first-order valence-corrected chi connectivity index (χ1v) is 8.47. The van der Waals surface area contributed by atoms with E-state index in [1.54, 1.807) is 19.2 Å². The molecule has 5 nitrogen and oxygen atoms in total. The van der Waals surface area contributed by atoms with Crippen LogP contribution in [0.15, 0.2) is 77.7 Å². The van der Waals surface area contributed by atoms with E-state index in [4.69, 9.17) is 4.74 Å². The molecule has 0 spiro atoms. The second-order valence-corrected chi connectivity index (χ2v) is 5.80. The lowest BCUT2D eigenvalue weighted by atomic mass is 10.0. The minimum atomic E-state index is -0.425. The molecule has 0 bridgehead atoms. The van der Waals surface area contributed by atoms with Crippen LogP contribution in [0, 0.1) is 11.3 Å². The molecule has 0 radical (unpaired) electrons. The molecule has 3 aromatic rings. The van der Waals surface area contributed by atoms with Crippen LogP contribution >= 0.6 is 0 Å². The maximum atomic E-state index is 12.6. The van der Waals surface area contributed by atoms with Gasteiger partial charge in [0.05, 0.1) is 7.11 Å². The van der Waals surface area contributed by atoms with Crippen LogP contribution in [0.4, 0.5) is 11.5 Å². The summed E-state index contributed by atoms with van der Waals surface area (Å²) in [5.74, 6) is 1.29. The lowest BCUT2D eigenvalue weighted by Crippen LogP contribution is -2.18. The molecule has 0 amide bonds. The number of methoxy groups -OCH3 is 1. The molecular weight excluding hydrogens is 338 g/mol. The van der Waals surface area contributed by atoms with Gasteiger partial charge in [0.2, 0.25) is 0 Å². The van der Waals surface area contributed by atoms with E-state index in [2.05, 4.69) is 4.98 Å². The van der Waals surface area contributed by atoms with Crippen molar-refractivity contribution in [3.8, 4) is 22.9 Å². The number of benzene rings is 2. The van der Waals surface area contributed by atoms with Crippen LogP contribution in [-0.2, 0) is 0 Å². The molecule has 1 aromatic heterocycles. The van der Waals surface area contributed by atoms with Crippen molar-refractivity contribution in [1.29, 1.82) is 5.26 Å². The molecular formula is C22H19N3O2. The van der Waals surface area contributed by atoms with Gasteiger partial charge in [-0.2, -0.15) is 5.26 Å². The molecule has 27 heavy (non-hydrogen) atoms. The van der Waals surface area contributed by atoms with Crippen LogP contribution in [0.25, 0.3) is 11.1 Å². The highest BCUT2D eigenvalue weighted by atomic mass is 16.5. The topological polar surface area (TPSA) is 69.1 Å². The van der Waals surface area contributed by atoms with Crippen molar-refractivity contribution >= 4 is 11.5 Å². The summed E-state index contributed by atoms with van der Waals surface area (Å²) in [4.78, 5) is 17.3. The summed E-state index contributed by atoms with van der Waals surface area (Å²) in [7, 11) is 1.59. The molecule has 1 heterocycles. The highest BCUT2D eigenvalue weighted by molar-refractivity contribution is 5.75. The average Bonchev–Trinajstić information content (AvgIpc) is 2.72. The lowest BCUT2D eigenvalue weighted by molar-refractivity contribution is 0.415. The third kappa shape index (κ3) is 3.75. The first-order valence-electron chi connectivity index (χ1n) is 8.47. The van der Waals surface area contributed by atoms with E-state index < -0.39 is 5.56 Å². The van der Waals surface area contributed by atoms with Gasteiger partial charge in [0.15, 0.2) is 0 Å². The first-order chi connectivity index (χ1) is 13.2. The number of para-hydroxylation sites is 1. The minimum absolute atomic E-state index is 0.0809. The number of nitrogens with one attached hydrogen (secondary N) is 1. The fraction of sp³-hybridized carbons (Fsp3) is 0.0909. The predicted molar refractivity (Wildman–Crippen MR) is 107 cm³/mol. The number of allylic oxidation sites excluding steroid dienone is 1. The van der Waals surface area contributed by atoms with Crippen LogP contribution in [-0.4, -0.2) is 12.1 Å². The predicted octanol–water partition coefficient (Wildman–Crippen LogP) is 4.59. The number of ether oxygens (including phenoxy) is 1. The maximum Gasteiger partial charge on any atom is 0.268 e. The Morgan fingerprint density at radius 3 is 2.41 bits per heavy atom. The third-order valence-electron chi connectivity index (χ3n) is 4.12. The molecule has 0 aliphatic carbocycles. The number of aromatic amines is 1. The number of nitrogens with zero attached hydrogens (tertiary/aromatic N) is 2. The van der Waals surface area contributed by atoms with Crippen LogP contribution in [0.5, 0.6) is 5.75 Å². The zero-order valence-corrected chi connectivity index (χ0v) is 15.1. The summed E-state index contributed by atoms with van der Waals surface area (Å²) in [6.45, 7) is 1.90. The van der Waals surface area contributed by atoms with Gasteiger partial charge in [0.25, 0.3) is 5.56 Å². The largest absolute Gasteiger partial charge is 0.497 e. The Morgan fingerprint density at radius 2 is 1.81 bits per heavy atom. The zero-order chi connectivity index (χ0) is 19.2. The van der Waals surface area contributed by atoms with E-state index in [0.29, 0.717) is 17.1 Å². The summed E-state index contributed by atoms with van der Waals surface area (Å²) in [6, 6.07) is 20.8. The van der Waals surface area contributed by atoms with Crippen molar-refractivity contribution in [2.75, 3.05) is 12.0 Å². The Balaban J connectivity index is 2.18. The van der Waals surface area contributed by atoms with Crippen molar-refractivity contribution in [1.82, 2.24) is 4.98 Å². The van der Waals surface area contributed by atoms with Gasteiger partial charge in [-0.25, -0.2) is 0 Å². The molecule has 0 aliphatic heterocycles. The Kier molecular flexibility index (Phi) is 5.38. The van der Waals surface area contributed by atoms with Crippen LogP contribution in [0.1, 0.15) is 12.5 Å². The van der Waals surface area contributed by atoms with Crippen molar-refractivity contribution in [3.05, 3.63) is 88.9 Å². The Hall–Kier alpha value is -3.78. The Morgan fingerprint density at radius 1 is 1.11 bits per heavy atom. The van der Waals surface area contributed by atoms with Crippen molar-refractivity contribution in [2.45, 2.75) is 6.92 Å². The number of rotatable bonds is 5. The van der Waals surface area contributed by atoms with Crippen molar-refractivity contribution < 1.29 is 4.74 Å². The van der Waals surface area contributed by atoms with E-state index in [1.165, 1.54) is 0 Å². The van der Waals surface area contributed by atoms with Gasteiger partial charge < -0.3 is 14.6 Å². The summed E-state index contributed by atoms with van der Waals surface area (Å²) < 4.78 is 5.19. The standard InChI is InChI=1S/C22H19N3O2/c1-3-13-25(17-7-5-4-6-8-17)21-14-19(20(15-23)22(26)24-21)16-9-11-18(27-2)12-10-16/h3-14H,1-2H3,(H,24,26)/b13-3+. The summed E-state index contributed by atoms with van der Waals surface area (Å²) in [5.41, 5.74) is 1.90. The number of hydrogen-bond acceptors (Lipinski definition) is 4. The molecule has 0 unspecified atom stereocenters. The van der Waals surface area contributed by atoms with Gasteiger partial charge in [-0.3, -0.25) is 4.79 Å². The molecule has 0 saturated heterocycles. The van der Waals surface area contributed by atoms with Gasteiger partial charge in [-0.1, -0.05) is 36.4 Å². The first kappa shape index (κ1) is 18.0. The summed E-state index contributed by atoms with van der Waals surface area (Å²) in [6.07, 6.45) is 3.75. The maximum absolute atomic E-state index is 12.6. The number of pyridine rings is 1. The van der Waals surface area contributed by atoms with Gasteiger partial charge >= 0.3 is 0 Å². The second kappa shape index (κ2) is 8.07. The number of anilines is 2. The average molecular weight is 357 g/mol. The molecule has 0 fully saturated rings. The molecule has 0 aliphatic rings. The van der Waals surface area contributed by atoms with Crippen LogP contribution < -0.4 is 15.2 Å². The van der Waals surface area contributed by atoms with E-state index >= 15 is 0 Å². The Bertz CT molecular complexity index is 1050. The number of nitriles is 1. The second-order valence-electron chi connectivity index (χ2n) is 5.80. The third-order valence-corrected chi connectivity index (χ3v) is 4.12. The molecule has 0 atom stereocenters. The fourth-order valence-corrected chi connectivity index (χ4v) is 2.83. The molecule has 5 heteroatoms. The molecule has 1 N–H and O–H groups in total. The molecule has 2 aromatic carbocycles. The number of hydrogen-bond donors (Lipinski definition) is 1. The molecule has 0 saturated carbocycles. The minimum Gasteiger partial charge on any atom is -0.497 e. The van der Waals surface area contributed by atoms with Crippen molar-refractivity contribution in [2.24, 2.45) is 0 Å². The summed E-state index contributed by atoms with van der Waals surface area (Å²) >= 11 is 0. The van der Waals surface area contributed by atoms with Gasteiger partial charge in [0.1, 0.15) is 23.2 Å². The lowest BCUT2D eigenvalue weighted by Gasteiger charge is -2.21. The number of aromatic nitrogens is 1. The van der Waals surface area contributed by atoms with Crippen molar-refractivity contribution in [3.63, 3.8) is 0 Å². The number of H-pyrrole nitrogens is 1. The van der Waals surface area contributed by atoms with E-state index in [9.17, 15) is 10.1 Å². The van der Waals surface area contributed by atoms with Crippen LogP contribution in [0.2, 0.25) is 0 Å². The zero-order valence-electron chi connectivity index (χ0n) is 15.1. The van der Waals surface area contributed by atoms with Crippen LogP contribution in [0.3, 0.4) is 0 Å². The van der Waals surface area contributed by atoms with Gasteiger partial charge in [-0.15, -0.1) is 0 Å². The molecule has 134 valence electrons. The van der Waals surface area contributed by atoms with Gasteiger partial charge in [0, 0.05) is 17.5 Å². The smallest absolute Gasteiger partial charge is 0.268 e. The quantitative estimate of drug-likeness (QED) is 0.725. The monoisotopic (exact) mass is 357 g/mol. The normalized spacial score (nSPS) is 10.6. The van der Waals surface area contributed by atoms with E-state index in [0.717, 1.165) is 11.3 Å². The van der Waals surface area contributed by atoms with Gasteiger partial charge in [-0.05, 0) is 42.8 Å². The highest BCUT2D eigenvalue weighted by Gasteiger charge is 2.15. The van der Waals surface area contributed by atoms with E-state index in [1.807, 2.05) is 78.7 Å². The highest BCUT2D eigenvalue weighted by Crippen LogP contribution is 2.30. The summed E-state index contributed by atoms with van der Waals surface area (Å²) in [5, 5.41) is 9.49. The van der Waals surface area contributed by atoms with E-state index in [-0.39, 0.29) is 5.56 Å².